The van der Waals surface area contributed by atoms with E-state index in [1.165, 1.54) is 12.8 Å². The van der Waals surface area contributed by atoms with E-state index in [0.29, 0.717) is 25.7 Å². The topological polar surface area (TPSA) is 62.3 Å². The third-order valence-electron chi connectivity index (χ3n) is 3.60. The molecule has 1 aliphatic rings. The second kappa shape index (κ2) is 6.65. The Morgan fingerprint density at radius 3 is 2.60 bits per heavy atom. The molecule has 1 aromatic heterocycles. The number of nitrogens with zero attached hydrogens (tertiary/aromatic N) is 2. The van der Waals surface area contributed by atoms with Crippen molar-refractivity contribution in [2.24, 2.45) is 0 Å². The van der Waals surface area contributed by atoms with Crippen LogP contribution in [0.5, 0.6) is 0 Å². The van der Waals surface area contributed by atoms with E-state index in [1.54, 1.807) is 23.6 Å². The fourth-order valence-electron chi connectivity index (χ4n) is 2.05. The van der Waals surface area contributed by atoms with E-state index >= 15 is 0 Å². The van der Waals surface area contributed by atoms with E-state index in [0.717, 1.165) is 5.56 Å². The van der Waals surface area contributed by atoms with Gasteiger partial charge in [0.25, 0.3) is 0 Å². The van der Waals surface area contributed by atoms with Gasteiger partial charge >= 0.3 is 0 Å². The van der Waals surface area contributed by atoms with E-state index in [4.69, 9.17) is 0 Å². The van der Waals surface area contributed by atoms with Gasteiger partial charge in [0.05, 0.1) is 5.25 Å². The average molecular weight is 297 g/mol. The number of hydrogen-bond acceptors (Lipinski definition) is 4. The molecule has 0 radical (unpaired) electrons. The molecule has 1 unspecified atom stereocenters. The summed E-state index contributed by atoms with van der Waals surface area (Å²) < 4.78 is 26.7. The van der Waals surface area contributed by atoms with Gasteiger partial charge in [-0.25, -0.2) is 8.42 Å². The zero-order chi connectivity index (χ0) is 14.6. The van der Waals surface area contributed by atoms with Gasteiger partial charge in [-0.3, -0.25) is 4.98 Å². The van der Waals surface area contributed by atoms with Crippen molar-refractivity contribution >= 4 is 10.0 Å². The van der Waals surface area contributed by atoms with Crippen LogP contribution in [0.2, 0.25) is 0 Å². The number of aromatic nitrogens is 1. The molecule has 1 aliphatic carbocycles. The summed E-state index contributed by atoms with van der Waals surface area (Å²) in [5.74, 6) is 0. The fourth-order valence-corrected chi connectivity index (χ4v) is 3.56. The second-order valence-corrected chi connectivity index (χ2v) is 7.67. The molecule has 0 amide bonds. The molecule has 1 atom stereocenters. The van der Waals surface area contributed by atoms with Crippen LogP contribution in [-0.2, 0) is 16.6 Å². The van der Waals surface area contributed by atoms with Crippen LogP contribution >= 0.6 is 0 Å². The zero-order valence-corrected chi connectivity index (χ0v) is 12.9. The number of rotatable bonds is 8. The predicted molar refractivity (Wildman–Crippen MR) is 79.7 cm³/mol. The lowest BCUT2D eigenvalue weighted by molar-refractivity contribution is 0.413. The van der Waals surface area contributed by atoms with Crippen LogP contribution < -0.4 is 5.32 Å². The number of pyridine rings is 1. The summed E-state index contributed by atoms with van der Waals surface area (Å²) in [4.78, 5) is 3.95. The lowest BCUT2D eigenvalue weighted by Crippen LogP contribution is -2.42. The first-order chi connectivity index (χ1) is 9.54. The van der Waals surface area contributed by atoms with Gasteiger partial charge in [-0.2, -0.15) is 4.31 Å². The Balaban J connectivity index is 2.00. The van der Waals surface area contributed by atoms with E-state index < -0.39 is 15.3 Å². The van der Waals surface area contributed by atoms with Crippen LogP contribution in [-0.4, -0.2) is 42.1 Å². The number of hydrogen-bond donors (Lipinski definition) is 1. The van der Waals surface area contributed by atoms with E-state index in [-0.39, 0.29) is 0 Å². The Morgan fingerprint density at radius 1 is 1.40 bits per heavy atom. The molecule has 0 bridgehead atoms. The van der Waals surface area contributed by atoms with Gasteiger partial charge in [0.2, 0.25) is 10.0 Å². The third-order valence-corrected chi connectivity index (χ3v) is 5.89. The maximum atomic E-state index is 12.6. The Hall–Kier alpha value is -0.980. The lowest BCUT2D eigenvalue weighted by atomic mass is 10.3. The highest BCUT2D eigenvalue weighted by Gasteiger charge is 2.29. The van der Waals surface area contributed by atoms with Gasteiger partial charge in [0.15, 0.2) is 0 Å². The van der Waals surface area contributed by atoms with Crippen LogP contribution in [0, 0.1) is 0 Å². The van der Waals surface area contributed by atoms with Gasteiger partial charge < -0.3 is 5.32 Å². The molecule has 1 N–H and O–H groups in total. The van der Waals surface area contributed by atoms with Crippen molar-refractivity contribution in [2.75, 3.05) is 13.1 Å². The highest BCUT2D eigenvalue weighted by molar-refractivity contribution is 7.89. The molecule has 1 heterocycles. The van der Waals surface area contributed by atoms with Crippen LogP contribution in [0.25, 0.3) is 0 Å². The van der Waals surface area contributed by atoms with Crippen molar-refractivity contribution in [1.29, 1.82) is 0 Å². The molecule has 0 spiro atoms. The fraction of sp³-hybridized carbons (Fsp3) is 0.643. The summed E-state index contributed by atoms with van der Waals surface area (Å²) in [7, 11) is -3.27. The van der Waals surface area contributed by atoms with E-state index in [2.05, 4.69) is 10.3 Å². The minimum atomic E-state index is -3.27. The summed E-state index contributed by atoms with van der Waals surface area (Å²) in [6.45, 7) is 5.08. The number of sulfonamides is 1. The molecular formula is C14H23N3O2S. The largest absolute Gasteiger partial charge is 0.313 e. The SMILES string of the molecule is CCN(Cc1ccncc1)S(=O)(=O)C(C)CNC1CC1. The summed E-state index contributed by atoms with van der Waals surface area (Å²) in [5.41, 5.74) is 0.966. The molecule has 2 rings (SSSR count). The molecule has 1 fully saturated rings. The van der Waals surface area contributed by atoms with Gasteiger partial charge in [-0.05, 0) is 37.5 Å². The summed E-state index contributed by atoms with van der Waals surface area (Å²) in [6.07, 6.45) is 5.71. The smallest absolute Gasteiger partial charge is 0.218 e. The predicted octanol–water partition coefficient (Wildman–Crippen LogP) is 1.37. The normalized spacial score (nSPS) is 17.4. The first-order valence-electron chi connectivity index (χ1n) is 7.15. The quantitative estimate of drug-likeness (QED) is 0.787. The van der Waals surface area contributed by atoms with Gasteiger partial charge in [-0.15, -0.1) is 0 Å². The van der Waals surface area contributed by atoms with Crippen LogP contribution in [0.4, 0.5) is 0 Å². The summed E-state index contributed by atoms with van der Waals surface area (Å²) in [6, 6.07) is 4.24. The molecule has 1 aromatic rings. The van der Waals surface area contributed by atoms with Crippen molar-refractivity contribution in [3.8, 4) is 0 Å². The minimum Gasteiger partial charge on any atom is -0.313 e. The summed E-state index contributed by atoms with van der Waals surface area (Å²) >= 11 is 0. The molecule has 5 nitrogen and oxygen atoms in total. The maximum Gasteiger partial charge on any atom is 0.218 e. The Labute approximate surface area is 121 Å². The first-order valence-corrected chi connectivity index (χ1v) is 8.65. The highest BCUT2D eigenvalue weighted by atomic mass is 32.2. The van der Waals surface area contributed by atoms with Gasteiger partial charge in [-0.1, -0.05) is 6.92 Å². The average Bonchev–Trinajstić information content (AvgIpc) is 3.27. The zero-order valence-electron chi connectivity index (χ0n) is 12.1. The van der Waals surface area contributed by atoms with Crippen molar-refractivity contribution in [2.45, 2.75) is 44.5 Å². The van der Waals surface area contributed by atoms with Gasteiger partial charge in [0.1, 0.15) is 0 Å². The molecule has 0 aliphatic heterocycles. The van der Waals surface area contributed by atoms with E-state index in [1.807, 2.05) is 19.1 Å². The molecule has 20 heavy (non-hydrogen) atoms. The minimum absolute atomic E-state index is 0.398. The van der Waals surface area contributed by atoms with E-state index in [9.17, 15) is 8.42 Å². The van der Waals surface area contributed by atoms with Crippen molar-refractivity contribution in [3.63, 3.8) is 0 Å². The molecule has 0 saturated heterocycles. The first kappa shape index (κ1) is 15.4. The van der Waals surface area contributed by atoms with Gasteiger partial charge in [0, 0.05) is 38.1 Å². The van der Waals surface area contributed by atoms with Crippen LogP contribution in [0.3, 0.4) is 0 Å². The maximum absolute atomic E-state index is 12.6. The Kier molecular flexibility index (Phi) is 5.12. The Bertz CT molecular complexity index is 514. The molecular weight excluding hydrogens is 274 g/mol. The molecule has 6 heteroatoms. The molecule has 0 aromatic carbocycles. The van der Waals surface area contributed by atoms with Crippen LogP contribution in [0.1, 0.15) is 32.3 Å². The molecule has 1 saturated carbocycles. The number of nitrogens with one attached hydrogen (secondary N) is 1. The van der Waals surface area contributed by atoms with Crippen LogP contribution in [0.15, 0.2) is 24.5 Å². The standard InChI is InChI=1S/C14H23N3O2S/c1-3-17(11-13-6-8-15-9-7-13)20(18,19)12(2)10-16-14-4-5-14/h6-9,12,14,16H,3-5,10-11H2,1-2H3. The van der Waals surface area contributed by atoms with Crippen molar-refractivity contribution in [1.82, 2.24) is 14.6 Å². The third kappa shape index (κ3) is 4.01. The lowest BCUT2D eigenvalue weighted by Gasteiger charge is -2.25. The van der Waals surface area contributed by atoms with Crippen molar-refractivity contribution < 1.29 is 8.42 Å². The highest BCUT2D eigenvalue weighted by Crippen LogP contribution is 2.19. The monoisotopic (exact) mass is 297 g/mol. The summed E-state index contributed by atoms with van der Waals surface area (Å²) in [5, 5.41) is 2.89. The van der Waals surface area contributed by atoms with Crippen molar-refractivity contribution in [3.05, 3.63) is 30.1 Å². The second-order valence-electron chi connectivity index (χ2n) is 5.32. The Morgan fingerprint density at radius 2 is 2.05 bits per heavy atom. The molecule has 112 valence electrons.